The monoisotopic (exact) mass is 452 g/mol. The van der Waals surface area contributed by atoms with Gasteiger partial charge in [-0.1, -0.05) is 24.3 Å². The normalized spacial score (nSPS) is 10.9. The molecule has 158 valence electrons. The van der Waals surface area contributed by atoms with E-state index in [1.165, 1.54) is 30.2 Å². The molecule has 2 N–H and O–H groups in total. The SMILES string of the molecule is COC(=O)CSc1cccc(NC(=O)/C(=C\c2ccsc2)NC(=O)c2ccccc2)c1. The smallest absolute Gasteiger partial charge is 0.315 e. The number of hydrogen-bond donors (Lipinski definition) is 2. The number of esters is 1. The molecule has 1 aromatic heterocycles. The van der Waals surface area contributed by atoms with Crippen molar-refractivity contribution in [1.29, 1.82) is 0 Å². The number of amides is 2. The summed E-state index contributed by atoms with van der Waals surface area (Å²) in [5, 5.41) is 9.28. The molecule has 1 heterocycles. The molecule has 8 heteroatoms. The van der Waals surface area contributed by atoms with Gasteiger partial charge in [0.2, 0.25) is 0 Å². The topological polar surface area (TPSA) is 84.5 Å². The van der Waals surface area contributed by atoms with Crippen LogP contribution >= 0.6 is 23.1 Å². The van der Waals surface area contributed by atoms with Crippen LogP contribution < -0.4 is 10.6 Å². The van der Waals surface area contributed by atoms with Crippen molar-refractivity contribution in [3.05, 3.63) is 88.2 Å². The molecule has 0 saturated heterocycles. The number of methoxy groups -OCH3 is 1. The van der Waals surface area contributed by atoms with E-state index >= 15 is 0 Å². The van der Waals surface area contributed by atoms with Crippen LogP contribution in [0.1, 0.15) is 15.9 Å². The van der Waals surface area contributed by atoms with Crippen molar-refractivity contribution in [2.75, 3.05) is 18.2 Å². The fourth-order valence-electron chi connectivity index (χ4n) is 2.53. The number of carbonyl (C=O) groups excluding carboxylic acids is 3. The first-order valence-electron chi connectivity index (χ1n) is 9.26. The zero-order valence-corrected chi connectivity index (χ0v) is 18.3. The van der Waals surface area contributed by atoms with E-state index in [1.54, 1.807) is 48.5 Å². The first-order chi connectivity index (χ1) is 15.0. The first kappa shape index (κ1) is 22.3. The minimum Gasteiger partial charge on any atom is -0.468 e. The van der Waals surface area contributed by atoms with Gasteiger partial charge in [0.05, 0.1) is 12.9 Å². The second kappa shape index (κ2) is 11.1. The standard InChI is InChI=1S/C23H20N2O4S2/c1-29-21(26)15-31-19-9-5-8-18(13-19)24-23(28)20(12-16-10-11-30-14-16)25-22(27)17-6-3-2-4-7-17/h2-14H,15H2,1H3,(H,24,28)(H,25,27)/b20-12+. The van der Waals surface area contributed by atoms with Gasteiger partial charge in [0.1, 0.15) is 5.70 Å². The zero-order chi connectivity index (χ0) is 22.1. The molecule has 0 aliphatic rings. The van der Waals surface area contributed by atoms with Crippen LogP contribution in [0.25, 0.3) is 6.08 Å². The Labute approximate surface area is 188 Å². The van der Waals surface area contributed by atoms with E-state index in [9.17, 15) is 14.4 Å². The fraction of sp³-hybridized carbons (Fsp3) is 0.0870. The molecule has 0 aliphatic carbocycles. The van der Waals surface area contributed by atoms with Crippen LogP contribution in [0.3, 0.4) is 0 Å². The number of anilines is 1. The average Bonchev–Trinajstić information content (AvgIpc) is 3.31. The molecule has 0 aliphatic heterocycles. The molecule has 0 saturated carbocycles. The van der Waals surface area contributed by atoms with Crippen LogP contribution in [0.2, 0.25) is 0 Å². The maximum absolute atomic E-state index is 13.0. The average molecular weight is 453 g/mol. The number of rotatable bonds is 8. The van der Waals surface area contributed by atoms with Crippen LogP contribution in [-0.2, 0) is 14.3 Å². The minimum atomic E-state index is -0.453. The third-order valence-electron chi connectivity index (χ3n) is 4.06. The van der Waals surface area contributed by atoms with Crippen molar-refractivity contribution in [3.8, 4) is 0 Å². The molecule has 0 atom stereocenters. The third kappa shape index (κ3) is 6.84. The largest absolute Gasteiger partial charge is 0.468 e. The Morgan fingerprint density at radius 1 is 1.06 bits per heavy atom. The molecule has 0 bridgehead atoms. The summed E-state index contributed by atoms with van der Waals surface area (Å²) in [6.07, 6.45) is 1.63. The lowest BCUT2D eigenvalue weighted by molar-refractivity contribution is -0.137. The van der Waals surface area contributed by atoms with Gasteiger partial charge in [-0.15, -0.1) is 11.8 Å². The van der Waals surface area contributed by atoms with Crippen LogP contribution in [-0.4, -0.2) is 30.6 Å². The number of benzene rings is 2. The summed E-state index contributed by atoms with van der Waals surface area (Å²) >= 11 is 2.80. The number of hydrogen-bond acceptors (Lipinski definition) is 6. The molecule has 2 aromatic carbocycles. The van der Waals surface area contributed by atoms with Gasteiger partial charge in [0, 0.05) is 16.1 Å². The number of thioether (sulfide) groups is 1. The summed E-state index contributed by atoms with van der Waals surface area (Å²) in [5.74, 6) is -0.987. The van der Waals surface area contributed by atoms with Gasteiger partial charge < -0.3 is 15.4 Å². The molecule has 0 radical (unpaired) electrons. The molecular weight excluding hydrogens is 432 g/mol. The highest BCUT2D eigenvalue weighted by molar-refractivity contribution is 8.00. The zero-order valence-electron chi connectivity index (χ0n) is 16.7. The Kier molecular flexibility index (Phi) is 8.03. The molecule has 3 rings (SSSR count). The van der Waals surface area contributed by atoms with Crippen molar-refractivity contribution in [3.63, 3.8) is 0 Å². The number of thiophene rings is 1. The number of nitrogens with one attached hydrogen (secondary N) is 2. The van der Waals surface area contributed by atoms with E-state index in [-0.39, 0.29) is 23.3 Å². The van der Waals surface area contributed by atoms with Crippen molar-refractivity contribution in [2.45, 2.75) is 4.90 Å². The van der Waals surface area contributed by atoms with Gasteiger partial charge in [-0.25, -0.2) is 0 Å². The van der Waals surface area contributed by atoms with Crippen molar-refractivity contribution < 1.29 is 19.1 Å². The molecular formula is C23H20N2O4S2. The van der Waals surface area contributed by atoms with Gasteiger partial charge in [-0.2, -0.15) is 11.3 Å². The van der Waals surface area contributed by atoms with Crippen LogP contribution in [0.4, 0.5) is 5.69 Å². The van der Waals surface area contributed by atoms with Gasteiger partial charge in [-0.05, 0) is 58.8 Å². The first-order valence-corrected chi connectivity index (χ1v) is 11.2. The summed E-state index contributed by atoms with van der Waals surface area (Å²) in [7, 11) is 1.34. The van der Waals surface area contributed by atoms with Crippen LogP contribution in [0.5, 0.6) is 0 Å². The van der Waals surface area contributed by atoms with Gasteiger partial charge in [0.25, 0.3) is 11.8 Å². The number of carbonyl (C=O) groups is 3. The van der Waals surface area contributed by atoms with E-state index in [4.69, 9.17) is 0 Å². The molecule has 0 spiro atoms. The number of ether oxygens (including phenoxy) is 1. The lowest BCUT2D eigenvalue weighted by atomic mass is 10.2. The fourth-order valence-corrected chi connectivity index (χ4v) is 3.93. The van der Waals surface area contributed by atoms with E-state index < -0.39 is 5.91 Å². The highest BCUT2D eigenvalue weighted by Crippen LogP contribution is 2.22. The van der Waals surface area contributed by atoms with E-state index in [0.717, 1.165) is 10.5 Å². The van der Waals surface area contributed by atoms with Gasteiger partial charge in [0.15, 0.2) is 0 Å². The van der Waals surface area contributed by atoms with Gasteiger partial charge in [-0.3, -0.25) is 14.4 Å². The van der Waals surface area contributed by atoms with Crippen LogP contribution in [0.15, 0.2) is 82.0 Å². The molecule has 2 amide bonds. The Balaban J connectivity index is 1.76. The lowest BCUT2D eigenvalue weighted by Crippen LogP contribution is -2.30. The molecule has 0 fully saturated rings. The minimum absolute atomic E-state index is 0.125. The highest BCUT2D eigenvalue weighted by atomic mass is 32.2. The van der Waals surface area contributed by atoms with E-state index in [0.29, 0.717) is 11.3 Å². The van der Waals surface area contributed by atoms with E-state index in [1.807, 2.05) is 29.0 Å². The second-order valence-corrected chi connectivity index (χ2v) is 8.11. The summed E-state index contributed by atoms with van der Waals surface area (Å²) in [5.41, 5.74) is 1.93. The quantitative estimate of drug-likeness (QED) is 0.300. The predicted octanol–water partition coefficient (Wildman–Crippen LogP) is 4.42. The lowest BCUT2D eigenvalue weighted by Gasteiger charge is -2.12. The highest BCUT2D eigenvalue weighted by Gasteiger charge is 2.15. The van der Waals surface area contributed by atoms with Gasteiger partial charge >= 0.3 is 5.97 Å². The molecule has 0 unspecified atom stereocenters. The second-order valence-electron chi connectivity index (χ2n) is 6.28. The Morgan fingerprint density at radius 2 is 1.87 bits per heavy atom. The molecule has 31 heavy (non-hydrogen) atoms. The van der Waals surface area contributed by atoms with Crippen molar-refractivity contribution in [1.82, 2.24) is 5.32 Å². The van der Waals surface area contributed by atoms with Crippen molar-refractivity contribution >= 4 is 52.6 Å². The maximum atomic E-state index is 13.0. The molecule has 6 nitrogen and oxygen atoms in total. The Bertz CT molecular complexity index is 1080. The van der Waals surface area contributed by atoms with Crippen LogP contribution in [0, 0.1) is 0 Å². The molecule has 3 aromatic rings. The summed E-state index contributed by atoms with van der Waals surface area (Å²) in [4.78, 5) is 37.7. The summed E-state index contributed by atoms with van der Waals surface area (Å²) in [6, 6.07) is 17.7. The van der Waals surface area contributed by atoms with E-state index in [2.05, 4.69) is 15.4 Å². The summed E-state index contributed by atoms with van der Waals surface area (Å²) < 4.78 is 4.65. The Morgan fingerprint density at radius 3 is 2.58 bits per heavy atom. The summed E-state index contributed by atoms with van der Waals surface area (Å²) in [6.45, 7) is 0. The third-order valence-corrected chi connectivity index (χ3v) is 5.73. The Hall–Kier alpha value is -3.36. The maximum Gasteiger partial charge on any atom is 0.315 e. The van der Waals surface area contributed by atoms with Crippen molar-refractivity contribution in [2.24, 2.45) is 0 Å². The predicted molar refractivity (Wildman–Crippen MR) is 124 cm³/mol.